The molecule has 18 heavy (non-hydrogen) atoms. The summed E-state index contributed by atoms with van der Waals surface area (Å²) in [6.07, 6.45) is 6.64. The highest BCUT2D eigenvalue weighted by Crippen LogP contribution is 2.29. The lowest BCUT2D eigenvalue weighted by Gasteiger charge is -2.44. The van der Waals surface area contributed by atoms with Gasteiger partial charge in [0.1, 0.15) is 0 Å². The van der Waals surface area contributed by atoms with Gasteiger partial charge in [0, 0.05) is 18.1 Å². The van der Waals surface area contributed by atoms with Gasteiger partial charge in [-0.05, 0) is 58.0 Å². The monoisotopic (exact) mass is 254 g/mol. The number of likely N-dealkylation sites (N-methyl/N-ethyl adjacent to an activating group) is 1. The summed E-state index contributed by atoms with van der Waals surface area (Å²) < 4.78 is 0. The lowest BCUT2D eigenvalue weighted by molar-refractivity contribution is 0.0720. The van der Waals surface area contributed by atoms with Crippen molar-refractivity contribution in [3.8, 4) is 0 Å². The van der Waals surface area contributed by atoms with Gasteiger partial charge in [0.05, 0.1) is 0 Å². The first kappa shape index (κ1) is 16.0. The summed E-state index contributed by atoms with van der Waals surface area (Å²) in [4.78, 5) is 2.74. The molecule has 0 aromatic heterocycles. The maximum Gasteiger partial charge on any atom is 0.0254 e. The summed E-state index contributed by atoms with van der Waals surface area (Å²) >= 11 is 0. The Morgan fingerprint density at radius 2 is 1.94 bits per heavy atom. The molecule has 1 aliphatic carbocycles. The van der Waals surface area contributed by atoms with Crippen molar-refractivity contribution in [2.75, 3.05) is 13.1 Å². The summed E-state index contributed by atoms with van der Waals surface area (Å²) in [5.74, 6) is 0.896. The van der Waals surface area contributed by atoms with Crippen LogP contribution in [0.15, 0.2) is 0 Å². The minimum Gasteiger partial charge on any atom is -0.312 e. The van der Waals surface area contributed by atoms with Crippen molar-refractivity contribution in [3.63, 3.8) is 0 Å². The molecule has 0 radical (unpaired) electrons. The van der Waals surface area contributed by atoms with Crippen molar-refractivity contribution in [2.24, 2.45) is 5.92 Å². The van der Waals surface area contributed by atoms with Gasteiger partial charge in [-0.25, -0.2) is 0 Å². The van der Waals surface area contributed by atoms with Crippen LogP contribution in [0, 0.1) is 5.92 Å². The third-order valence-electron chi connectivity index (χ3n) is 4.68. The largest absolute Gasteiger partial charge is 0.312 e. The van der Waals surface area contributed by atoms with Crippen molar-refractivity contribution < 1.29 is 0 Å². The van der Waals surface area contributed by atoms with Gasteiger partial charge < -0.3 is 5.32 Å². The smallest absolute Gasteiger partial charge is 0.0254 e. The van der Waals surface area contributed by atoms with E-state index in [9.17, 15) is 0 Å². The van der Waals surface area contributed by atoms with Crippen molar-refractivity contribution in [1.29, 1.82) is 0 Å². The summed E-state index contributed by atoms with van der Waals surface area (Å²) in [7, 11) is 0. The maximum atomic E-state index is 3.79. The molecule has 1 aliphatic rings. The van der Waals surface area contributed by atoms with Gasteiger partial charge in [-0.1, -0.05) is 27.7 Å². The van der Waals surface area contributed by atoms with Gasteiger partial charge in [0.2, 0.25) is 0 Å². The molecule has 0 aliphatic heterocycles. The van der Waals surface area contributed by atoms with E-state index in [0.717, 1.165) is 24.0 Å². The predicted octanol–water partition coefficient (Wildman–Crippen LogP) is 3.66. The normalized spacial score (nSPS) is 30.7. The minimum atomic E-state index is 0.718. The number of rotatable bonds is 7. The first-order valence-electron chi connectivity index (χ1n) is 8.13. The van der Waals surface area contributed by atoms with E-state index in [4.69, 9.17) is 0 Å². The SMILES string of the molecule is CCCNC1CCC(C)CC1N(CC)C(C)CC. The van der Waals surface area contributed by atoms with E-state index >= 15 is 0 Å². The second kappa shape index (κ2) is 8.16. The van der Waals surface area contributed by atoms with Crippen LogP contribution in [-0.4, -0.2) is 36.1 Å². The molecule has 2 heteroatoms. The molecule has 0 saturated heterocycles. The Labute approximate surface area is 115 Å². The molecule has 1 fully saturated rings. The van der Waals surface area contributed by atoms with Crippen LogP contribution in [0.4, 0.5) is 0 Å². The number of nitrogens with zero attached hydrogens (tertiary/aromatic N) is 1. The molecular formula is C16H34N2. The molecule has 108 valence electrons. The van der Waals surface area contributed by atoms with Crippen LogP contribution in [0.3, 0.4) is 0 Å². The third kappa shape index (κ3) is 4.24. The van der Waals surface area contributed by atoms with Crippen LogP contribution >= 0.6 is 0 Å². The third-order valence-corrected chi connectivity index (χ3v) is 4.68. The Balaban J connectivity index is 2.69. The van der Waals surface area contributed by atoms with Gasteiger partial charge in [0.25, 0.3) is 0 Å². The fourth-order valence-corrected chi connectivity index (χ4v) is 3.39. The summed E-state index contributed by atoms with van der Waals surface area (Å²) in [5, 5.41) is 3.79. The van der Waals surface area contributed by atoms with Gasteiger partial charge in [-0.3, -0.25) is 4.90 Å². The van der Waals surface area contributed by atoms with E-state index in [1.165, 1.54) is 45.2 Å². The summed E-state index contributed by atoms with van der Waals surface area (Å²) in [5.41, 5.74) is 0. The van der Waals surface area contributed by atoms with Crippen LogP contribution in [-0.2, 0) is 0 Å². The second-order valence-corrected chi connectivity index (χ2v) is 6.13. The zero-order valence-corrected chi connectivity index (χ0v) is 13.2. The predicted molar refractivity (Wildman–Crippen MR) is 81.0 cm³/mol. The average molecular weight is 254 g/mol. The Kier molecular flexibility index (Phi) is 7.25. The Hall–Kier alpha value is -0.0800. The van der Waals surface area contributed by atoms with Crippen molar-refractivity contribution >= 4 is 0 Å². The first-order chi connectivity index (χ1) is 8.63. The number of nitrogens with one attached hydrogen (secondary N) is 1. The van der Waals surface area contributed by atoms with Crippen molar-refractivity contribution in [3.05, 3.63) is 0 Å². The van der Waals surface area contributed by atoms with Gasteiger partial charge >= 0.3 is 0 Å². The van der Waals surface area contributed by atoms with Crippen LogP contribution in [0.25, 0.3) is 0 Å². The molecule has 0 heterocycles. The molecule has 1 N–H and O–H groups in total. The van der Waals surface area contributed by atoms with E-state index in [-0.39, 0.29) is 0 Å². The first-order valence-corrected chi connectivity index (χ1v) is 8.13. The van der Waals surface area contributed by atoms with Gasteiger partial charge in [0.15, 0.2) is 0 Å². The molecule has 4 unspecified atom stereocenters. The lowest BCUT2D eigenvalue weighted by atomic mass is 9.81. The average Bonchev–Trinajstić information content (AvgIpc) is 2.38. The Morgan fingerprint density at radius 3 is 2.50 bits per heavy atom. The molecule has 1 rings (SSSR count). The zero-order valence-electron chi connectivity index (χ0n) is 13.2. The van der Waals surface area contributed by atoms with Crippen LogP contribution in [0.5, 0.6) is 0 Å². The van der Waals surface area contributed by atoms with Crippen molar-refractivity contribution in [1.82, 2.24) is 10.2 Å². The molecule has 2 nitrogen and oxygen atoms in total. The highest BCUT2D eigenvalue weighted by atomic mass is 15.2. The van der Waals surface area contributed by atoms with E-state index < -0.39 is 0 Å². The van der Waals surface area contributed by atoms with Crippen molar-refractivity contribution in [2.45, 2.75) is 84.8 Å². The quantitative estimate of drug-likeness (QED) is 0.746. The Bertz CT molecular complexity index is 215. The topological polar surface area (TPSA) is 15.3 Å². The van der Waals surface area contributed by atoms with Gasteiger partial charge in [-0.15, -0.1) is 0 Å². The molecule has 0 aromatic carbocycles. The van der Waals surface area contributed by atoms with Gasteiger partial charge in [-0.2, -0.15) is 0 Å². The van der Waals surface area contributed by atoms with E-state index in [1.54, 1.807) is 0 Å². The maximum absolute atomic E-state index is 3.79. The zero-order chi connectivity index (χ0) is 13.5. The number of hydrogen-bond acceptors (Lipinski definition) is 2. The lowest BCUT2D eigenvalue weighted by Crippen LogP contribution is -2.55. The molecule has 0 amide bonds. The highest BCUT2D eigenvalue weighted by molar-refractivity contribution is 4.91. The number of hydrogen-bond donors (Lipinski definition) is 1. The molecular weight excluding hydrogens is 220 g/mol. The standard InChI is InChI=1S/C16H34N2/c1-6-11-17-15-10-9-13(4)12-16(15)18(8-3)14(5)7-2/h13-17H,6-12H2,1-5H3. The van der Waals surface area contributed by atoms with Crippen LogP contribution in [0.1, 0.15) is 66.7 Å². The van der Waals surface area contributed by atoms with Crippen LogP contribution < -0.4 is 5.32 Å². The Morgan fingerprint density at radius 1 is 1.22 bits per heavy atom. The fraction of sp³-hybridized carbons (Fsp3) is 1.00. The molecule has 1 saturated carbocycles. The molecule has 0 spiro atoms. The summed E-state index contributed by atoms with van der Waals surface area (Å²) in [6.45, 7) is 14.1. The molecule has 4 atom stereocenters. The highest BCUT2D eigenvalue weighted by Gasteiger charge is 2.33. The van der Waals surface area contributed by atoms with E-state index in [0.29, 0.717) is 0 Å². The molecule has 0 bridgehead atoms. The van der Waals surface area contributed by atoms with E-state index in [2.05, 4.69) is 44.8 Å². The van der Waals surface area contributed by atoms with Crippen LogP contribution in [0.2, 0.25) is 0 Å². The summed E-state index contributed by atoms with van der Waals surface area (Å²) in [6, 6.07) is 2.19. The van der Waals surface area contributed by atoms with E-state index in [1.807, 2.05) is 0 Å². The second-order valence-electron chi connectivity index (χ2n) is 6.13. The minimum absolute atomic E-state index is 0.718. The molecule has 0 aromatic rings. The fourth-order valence-electron chi connectivity index (χ4n) is 3.39.